The Morgan fingerprint density at radius 3 is 2.50 bits per heavy atom. The molecule has 0 spiro atoms. The molecule has 2 amide bonds. The van der Waals surface area contributed by atoms with Crippen molar-refractivity contribution in [2.75, 3.05) is 13.1 Å². The minimum Gasteiger partial charge on any atom is -0.352 e. The van der Waals surface area contributed by atoms with E-state index in [1.165, 1.54) is 0 Å². The molecular weight excluding hydrogens is 254 g/mol. The Bertz CT molecular complexity index is 331. The molecule has 20 heavy (non-hydrogen) atoms. The minimum absolute atomic E-state index is 0.0424. The fourth-order valence-electron chi connectivity index (χ4n) is 2.76. The third-order valence-electron chi connectivity index (χ3n) is 3.86. The van der Waals surface area contributed by atoms with Crippen molar-refractivity contribution in [1.29, 1.82) is 0 Å². The van der Waals surface area contributed by atoms with Crippen LogP contribution in [0.2, 0.25) is 0 Å². The van der Waals surface area contributed by atoms with E-state index < -0.39 is 0 Å². The first kappa shape index (κ1) is 17.0. The third-order valence-corrected chi connectivity index (χ3v) is 3.86. The number of likely N-dealkylation sites (N-methyl/N-ethyl adjacent to an activating group) is 1. The normalized spacial score (nSPS) is 23.2. The molecule has 2 unspecified atom stereocenters. The second-order valence-corrected chi connectivity index (χ2v) is 5.98. The summed E-state index contributed by atoms with van der Waals surface area (Å²) in [4.78, 5) is 26.0. The zero-order valence-corrected chi connectivity index (χ0v) is 13.0. The van der Waals surface area contributed by atoms with E-state index >= 15 is 0 Å². The highest BCUT2D eigenvalue weighted by Gasteiger charge is 2.30. The molecule has 0 radical (unpaired) electrons. The van der Waals surface area contributed by atoms with E-state index in [4.69, 9.17) is 5.73 Å². The van der Waals surface area contributed by atoms with Gasteiger partial charge in [-0.1, -0.05) is 19.3 Å². The Morgan fingerprint density at radius 2 is 1.90 bits per heavy atom. The number of nitrogens with one attached hydrogen (secondary N) is 1. The van der Waals surface area contributed by atoms with Crippen LogP contribution in [-0.2, 0) is 9.59 Å². The molecule has 0 saturated heterocycles. The fraction of sp³-hybridized carbons (Fsp3) is 0.867. The van der Waals surface area contributed by atoms with Crippen LogP contribution in [-0.4, -0.2) is 41.9 Å². The number of carbonyl (C=O) groups is 2. The van der Waals surface area contributed by atoms with E-state index in [0.29, 0.717) is 6.54 Å². The molecule has 5 heteroatoms. The van der Waals surface area contributed by atoms with Gasteiger partial charge in [-0.15, -0.1) is 0 Å². The largest absolute Gasteiger partial charge is 0.352 e. The second kappa shape index (κ2) is 8.25. The molecule has 5 nitrogen and oxygen atoms in total. The van der Waals surface area contributed by atoms with Gasteiger partial charge in [0, 0.05) is 18.6 Å². The van der Waals surface area contributed by atoms with E-state index in [-0.39, 0.29) is 36.4 Å². The molecular formula is C15H29N3O2. The van der Waals surface area contributed by atoms with Crippen molar-refractivity contribution in [2.24, 2.45) is 11.7 Å². The van der Waals surface area contributed by atoms with Crippen molar-refractivity contribution in [3.05, 3.63) is 0 Å². The summed E-state index contributed by atoms with van der Waals surface area (Å²) in [5, 5.41) is 2.82. The average Bonchev–Trinajstić information content (AvgIpc) is 2.59. The maximum atomic E-state index is 12.6. The lowest BCUT2D eigenvalue weighted by Crippen LogP contribution is -2.48. The summed E-state index contributed by atoms with van der Waals surface area (Å²) in [6.45, 7) is 6.42. The molecule has 0 heterocycles. The van der Waals surface area contributed by atoms with Gasteiger partial charge < -0.3 is 16.0 Å². The third kappa shape index (κ3) is 5.12. The monoisotopic (exact) mass is 283 g/mol. The number of amides is 2. The fourth-order valence-corrected chi connectivity index (χ4v) is 2.76. The number of hydrogen-bond acceptors (Lipinski definition) is 3. The summed E-state index contributed by atoms with van der Waals surface area (Å²) < 4.78 is 0. The van der Waals surface area contributed by atoms with E-state index in [9.17, 15) is 9.59 Å². The van der Waals surface area contributed by atoms with E-state index in [1.54, 1.807) is 4.90 Å². The van der Waals surface area contributed by atoms with Crippen LogP contribution in [0.15, 0.2) is 0 Å². The predicted octanol–water partition coefficient (Wildman–Crippen LogP) is 1.27. The molecule has 0 aromatic rings. The van der Waals surface area contributed by atoms with Crippen molar-refractivity contribution in [1.82, 2.24) is 10.2 Å². The quantitative estimate of drug-likeness (QED) is 0.746. The Morgan fingerprint density at radius 1 is 1.25 bits per heavy atom. The molecule has 2 atom stereocenters. The zero-order valence-electron chi connectivity index (χ0n) is 13.0. The minimum atomic E-state index is -0.121. The first-order chi connectivity index (χ1) is 9.45. The first-order valence-electron chi connectivity index (χ1n) is 7.79. The van der Waals surface area contributed by atoms with Crippen molar-refractivity contribution >= 4 is 11.8 Å². The highest BCUT2D eigenvalue weighted by molar-refractivity contribution is 5.86. The lowest BCUT2D eigenvalue weighted by molar-refractivity contribution is -0.140. The van der Waals surface area contributed by atoms with Crippen LogP contribution in [0.4, 0.5) is 0 Å². The summed E-state index contributed by atoms with van der Waals surface area (Å²) in [5.74, 6) is -0.178. The van der Waals surface area contributed by atoms with Crippen LogP contribution in [0.3, 0.4) is 0 Å². The van der Waals surface area contributed by atoms with Crippen molar-refractivity contribution in [2.45, 2.75) is 65.0 Å². The molecule has 0 bridgehead atoms. The van der Waals surface area contributed by atoms with Gasteiger partial charge in [0.2, 0.25) is 11.8 Å². The smallest absolute Gasteiger partial charge is 0.239 e. The zero-order chi connectivity index (χ0) is 15.1. The lowest BCUT2D eigenvalue weighted by Gasteiger charge is -2.28. The van der Waals surface area contributed by atoms with Gasteiger partial charge in [-0.05, 0) is 33.6 Å². The Balaban J connectivity index is 2.62. The molecule has 1 saturated carbocycles. The number of nitrogens with two attached hydrogens (primary N) is 1. The van der Waals surface area contributed by atoms with Crippen molar-refractivity contribution in [3.8, 4) is 0 Å². The summed E-state index contributed by atoms with van der Waals surface area (Å²) in [6, 6.07) is 0.0312. The lowest BCUT2D eigenvalue weighted by atomic mass is 9.94. The van der Waals surface area contributed by atoms with Gasteiger partial charge >= 0.3 is 0 Å². The Hall–Kier alpha value is -1.10. The average molecular weight is 283 g/mol. The number of hydrogen-bond donors (Lipinski definition) is 2. The summed E-state index contributed by atoms with van der Waals surface area (Å²) in [5.41, 5.74) is 6.14. The van der Waals surface area contributed by atoms with Gasteiger partial charge in [-0.3, -0.25) is 9.59 Å². The van der Waals surface area contributed by atoms with Crippen LogP contribution in [0, 0.1) is 5.92 Å². The van der Waals surface area contributed by atoms with E-state index in [1.807, 2.05) is 20.8 Å². The van der Waals surface area contributed by atoms with Crippen molar-refractivity contribution < 1.29 is 9.59 Å². The number of rotatable bonds is 5. The SMILES string of the molecule is CCN(CC(=O)NC(C)C)C(=O)C1CCCCCC1N. The predicted molar refractivity (Wildman–Crippen MR) is 80.1 cm³/mol. The molecule has 1 fully saturated rings. The van der Waals surface area contributed by atoms with Gasteiger partial charge in [-0.25, -0.2) is 0 Å². The maximum Gasteiger partial charge on any atom is 0.239 e. The van der Waals surface area contributed by atoms with Crippen LogP contribution in [0.1, 0.15) is 52.9 Å². The van der Waals surface area contributed by atoms with Gasteiger partial charge in [0.05, 0.1) is 12.5 Å². The summed E-state index contributed by atoms with van der Waals surface area (Å²) >= 11 is 0. The highest BCUT2D eigenvalue weighted by Crippen LogP contribution is 2.24. The maximum absolute atomic E-state index is 12.6. The molecule has 0 aromatic heterocycles. The molecule has 116 valence electrons. The molecule has 0 aliphatic heterocycles. The standard InChI is InChI=1S/C15H29N3O2/c1-4-18(10-14(19)17-11(2)3)15(20)12-8-6-5-7-9-13(12)16/h11-13H,4-10,16H2,1-3H3,(H,17,19). The van der Waals surface area contributed by atoms with Gasteiger partial charge in [0.1, 0.15) is 0 Å². The van der Waals surface area contributed by atoms with E-state index in [0.717, 1.165) is 32.1 Å². The summed E-state index contributed by atoms with van der Waals surface area (Å²) in [7, 11) is 0. The first-order valence-corrected chi connectivity index (χ1v) is 7.79. The molecule has 0 aromatic carbocycles. The van der Waals surface area contributed by atoms with Crippen LogP contribution in [0.25, 0.3) is 0 Å². The molecule has 1 aliphatic carbocycles. The second-order valence-electron chi connectivity index (χ2n) is 5.98. The molecule has 3 N–H and O–H groups in total. The number of nitrogens with zero attached hydrogens (tertiary/aromatic N) is 1. The molecule has 1 aliphatic rings. The van der Waals surface area contributed by atoms with Crippen LogP contribution in [0.5, 0.6) is 0 Å². The highest BCUT2D eigenvalue weighted by atomic mass is 16.2. The van der Waals surface area contributed by atoms with E-state index in [2.05, 4.69) is 5.32 Å². The van der Waals surface area contributed by atoms with Gasteiger partial charge in [0.15, 0.2) is 0 Å². The van der Waals surface area contributed by atoms with Gasteiger partial charge in [-0.2, -0.15) is 0 Å². The molecule has 1 rings (SSSR count). The summed E-state index contributed by atoms with van der Waals surface area (Å²) in [6.07, 6.45) is 5.07. The topological polar surface area (TPSA) is 75.4 Å². The van der Waals surface area contributed by atoms with Crippen LogP contribution < -0.4 is 11.1 Å². The number of carbonyl (C=O) groups excluding carboxylic acids is 2. The van der Waals surface area contributed by atoms with Crippen molar-refractivity contribution in [3.63, 3.8) is 0 Å². The Kier molecular flexibility index (Phi) is 6.99. The van der Waals surface area contributed by atoms with Crippen LogP contribution >= 0.6 is 0 Å². The Labute approximate surface area is 122 Å². The van der Waals surface area contributed by atoms with Gasteiger partial charge in [0.25, 0.3) is 0 Å².